The van der Waals surface area contributed by atoms with Crippen molar-refractivity contribution in [3.63, 3.8) is 0 Å². The third kappa shape index (κ3) is 3.52. The molecule has 0 fully saturated rings. The van der Waals surface area contributed by atoms with E-state index in [-0.39, 0.29) is 10.8 Å². The number of benzene rings is 2. The SMILES string of the molecule is CC(C)(C)c1cc(C(C)(C)C)c(O)c([Si](C)(C)c2cccc3c2C=CC3)c1. The van der Waals surface area contributed by atoms with Crippen LogP contribution in [0.5, 0.6) is 5.75 Å². The van der Waals surface area contributed by atoms with Gasteiger partial charge in [-0.15, -0.1) is 0 Å². The lowest BCUT2D eigenvalue weighted by molar-refractivity contribution is 0.448. The van der Waals surface area contributed by atoms with Crippen LogP contribution in [0.2, 0.25) is 13.1 Å². The van der Waals surface area contributed by atoms with E-state index in [4.69, 9.17) is 0 Å². The molecule has 0 aliphatic heterocycles. The van der Waals surface area contributed by atoms with Gasteiger partial charge in [0.1, 0.15) is 13.8 Å². The van der Waals surface area contributed by atoms with Crippen LogP contribution in [0.15, 0.2) is 36.4 Å². The van der Waals surface area contributed by atoms with E-state index in [9.17, 15) is 5.11 Å². The largest absolute Gasteiger partial charge is 0.508 e. The summed E-state index contributed by atoms with van der Waals surface area (Å²) < 4.78 is 0. The molecule has 2 aromatic rings. The molecule has 0 atom stereocenters. The van der Waals surface area contributed by atoms with Gasteiger partial charge in [-0.2, -0.15) is 0 Å². The Morgan fingerprint density at radius 3 is 2.15 bits per heavy atom. The van der Waals surface area contributed by atoms with Crippen LogP contribution in [0.4, 0.5) is 0 Å². The normalized spacial score (nSPS) is 14.5. The number of allylic oxidation sites excluding steroid dienone is 1. The lowest BCUT2D eigenvalue weighted by Gasteiger charge is -2.33. The molecule has 1 aliphatic rings. The maximum absolute atomic E-state index is 11.4. The summed E-state index contributed by atoms with van der Waals surface area (Å²) in [6.07, 6.45) is 5.55. The molecular formula is C25H34OSi. The van der Waals surface area contributed by atoms with Gasteiger partial charge in [-0.25, -0.2) is 0 Å². The Morgan fingerprint density at radius 2 is 1.56 bits per heavy atom. The Balaban J connectivity index is 2.30. The summed E-state index contributed by atoms with van der Waals surface area (Å²) >= 11 is 0. The summed E-state index contributed by atoms with van der Waals surface area (Å²) in [5.41, 5.74) is 5.12. The minimum atomic E-state index is -2.08. The van der Waals surface area contributed by atoms with E-state index in [2.05, 4.69) is 97.1 Å². The van der Waals surface area contributed by atoms with Gasteiger partial charge in [-0.05, 0) is 49.9 Å². The third-order valence-corrected chi connectivity index (χ3v) is 9.46. The van der Waals surface area contributed by atoms with Crippen molar-refractivity contribution in [1.29, 1.82) is 0 Å². The molecule has 2 heteroatoms. The fourth-order valence-electron chi connectivity index (χ4n) is 4.10. The zero-order chi connectivity index (χ0) is 20.2. The first kappa shape index (κ1) is 19.9. The third-order valence-electron chi connectivity index (χ3n) is 5.95. The number of rotatable bonds is 2. The number of aromatic hydroxyl groups is 1. The van der Waals surface area contributed by atoms with E-state index in [0.717, 1.165) is 17.2 Å². The van der Waals surface area contributed by atoms with Crippen molar-refractivity contribution in [3.8, 4) is 5.75 Å². The van der Waals surface area contributed by atoms with Crippen molar-refractivity contribution in [2.75, 3.05) is 0 Å². The zero-order valence-electron chi connectivity index (χ0n) is 18.2. The lowest BCUT2D eigenvalue weighted by atomic mass is 9.80. The molecule has 1 N–H and O–H groups in total. The Kier molecular flexibility index (Phi) is 4.71. The first-order chi connectivity index (χ1) is 12.3. The smallest absolute Gasteiger partial charge is 0.118 e. The van der Waals surface area contributed by atoms with Gasteiger partial charge in [-0.1, -0.05) is 97.1 Å². The summed E-state index contributed by atoms with van der Waals surface area (Å²) in [6.45, 7) is 18.1. The Bertz CT molecular complexity index is 905. The number of phenolic OH excluding ortho intramolecular Hbond substituents is 1. The molecule has 0 heterocycles. The molecule has 0 amide bonds. The van der Waals surface area contributed by atoms with E-state index >= 15 is 0 Å². The predicted octanol–water partition coefficient (Wildman–Crippen LogP) is 5.38. The average molecular weight is 379 g/mol. The van der Waals surface area contributed by atoms with Crippen molar-refractivity contribution in [1.82, 2.24) is 0 Å². The maximum atomic E-state index is 11.4. The molecule has 27 heavy (non-hydrogen) atoms. The second-order valence-electron chi connectivity index (χ2n) is 10.5. The van der Waals surface area contributed by atoms with E-state index in [1.165, 1.54) is 21.9 Å². The monoisotopic (exact) mass is 378 g/mol. The molecule has 0 saturated carbocycles. The number of hydrogen-bond donors (Lipinski definition) is 1. The van der Waals surface area contributed by atoms with Gasteiger partial charge in [0.15, 0.2) is 0 Å². The molecule has 1 nitrogen and oxygen atoms in total. The highest BCUT2D eigenvalue weighted by atomic mass is 28.3. The van der Waals surface area contributed by atoms with Gasteiger partial charge in [0, 0.05) is 0 Å². The Hall–Kier alpha value is -1.80. The highest BCUT2D eigenvalue weighted by Gasteiger charge is 2.35. The van der Waals surface area contributed by atoms with Crippen LogP contribution >= 0.6 is 0 Å². The number of fused-ring (bicyclic) bond motifs is 1. The van der Waals surface area contributed by atoms with Crippen molar-refractivity contribution in [3.05, 3.63) is 58.7 Å². The minimum absolute atomic E-state index is 0.0471. The summed E-state index contributed by atoms with van der Waals surface area (Å²) in [6, 6.07) is 11.2. The highest BCUT2D eigenvalue weighted by Crippen LogP contribution is 2.35. The molecule has 0 aromatic heterocycles. The molecule has 0 radical (unpaired) electrons. The van der Waals surface area contributed by atoms with Gasteiger partial charge >= 0.3 is 0 Å². The van der Waals surface area contributed by atoms with Gasteiger partial charge < -0.3 is 5.11 Å². The van der Waals surface area contributed by atoms with E-state index < -0.39 is 8.07 Å². The minimum Gasteiger partial charge on any atom is -0.508 e. The topological polar surface area (TPSA) is 20.2 Å². The number of phenols is 1. The van der Waals surface area contributed by atoms with Gasteiger partial charge in [0.25, 0.3) is 0 Å². The molecule has 3 rings (SSSR count). The van der Waals surface area contributed by atoms with Crippen molar-refractivity contribution in [2.24, 2.45) is 0 Å². The molecule has 0 bridgehead atoms. The molecule has 144 valence electrons. The second kappa shape index (κ2) is 6.37. The molecule has 2 aromatic carbocycles. The van der Waals surface area contributed by atoms with Crippen molar-refractivity contribution >= 4 is 24.5 Å². The highest BCUT2D eigenvalue weighted by molar-refractivity contribution is 7.01. The second-order valence-corrected chi connectivity index (χ2v) is 14.9. The van der Waals surface area contributed by atoms with Crippen LogP contribution in [0, 0.1) is 0 Å². The van der Waals surface area contributed by atoms with Crippen LogP contribution in [-0.2, 0) is 17.3 Å². The van der Waals surface area contributed by atoms with Crippen molar-refractivity contribution < 1.29 is 5.11 Å². The van der Waals surface area contributed by atoms with Crippen molar-refractivity contribution in [2.45, 2.75) is 71.9 Å². The van der Waals surface area contributed by atoms with Crippen LogP contribution in [0.1, 0.15) is 63.8 Å². The first-order valence-corrected chi connectivity index (χ1v) is 13.0. The van der Waals surface area contributed by atoms with Crippen LogP contribution in [0.25, 0.3) is 6.08 Å². The van der Waals surface area contributed by atoms with Crippen LogP contribution in [0.3, 0.4) is 0 Å². The summed E-state index contributed by atoms with van der Waals surface area (Å²) in [5.74, 6) is 0.506. The zero-order valence-corrected chi connectivity index (χ0v) is 19.2. The van der Waals surface area contributed by atoms with Crippen LogP contribution in [-0.4, -0.2) is 13.2 Å². The summed E-state index contributed by atoms with van der Waals surface area (Å²) in [4.78, 5) is 0. The lowest BCUT2D eigenvalue weighted by Crippen LogP contribution is -2.54. The van der Waals surface area contributed by atoms with Gasteiger partial charge in [-0.3, -0.25) is 0 Å². The van der Waals surface area contributed by atoms with Gasteiger partial charge in [0.2, 0.25) is 0 Å². The number of hydrogen-bond acceptors (Lipinski definition) is 1. The summed E-state index contributed by atoms with van der Waals surface area (Å²) in [7, 11) is -2.08. The standard InChI is InChI=1S/C25H34OSi/c1-24(2,3)18-15-20(25(4,5)6)23(26)22(16-18)27(7,8)21-14-10-12-17-11-9-13-19(17)21/h9-10,12-16,26H,11H2,1-8H3. The van der Waals surface area contributed by atoms with E-state index in [0.29, 0.717) is 5.75 Å². The predicted molar refractivity (Wildman–Crippen MR) is 121 cm³/mol. The molecule has 1 aliphatic carbocycles. The van der Waals surface area contributed by atoms with E-state index in [1.54, 1.807) is 0 Å². The fourth-order valence-corrected chi connectivity index (χ4v) is 7.06. The Labute approximate surface area is 166 Å². The first-order valence-electron chi connectivity index (χ1n) is 10.0. The fraction of sp³-hybridized carbons (Fsp3) is 0.440. The molecule has 0 spiro atoms. The average Bonchev–Trinajstić information content (AvgIpc) is 3.00. The quantitative estimate of drug-likeness (QED) is 0.696. The molecular weight excluding hydrogens is 344 g/mol. The maximum Gasteiger partial charge on any atom is 0.118 e. The summed E-state index contributed by atoms with van der Waals surface area (Å²) in [5, 5.41) is 14.0. The van der Waals surface area contributed by atoms with Crippen LogP contribution < -0.4 is 10.4 Å². The molecule has 0 saturated heterocycles. The van der Waals surface area contributed by atoms with E-state index in [1.807, 2.05) is 0 Å². The van der Waals surface area contributed by atoms with Gasteiger partial charge in [0.05, 0.1) is 0 Å². The Morgan fingerprint density at radius 1 is 0.889 bits per heavy atom. The molecule has 0 unspecified atom stereocenters.